The molecule has 3 aromatic rings. The summed E-state index contributed by atoms with van der Waals surface area (Å²) >= 11 is 0. The van der Waals surface area contributed by atoms with Crippen LogP contribution in [0.2, 0.25) is 0 Å². The molecule has 4 rings (SSSR count). The summed E-state index contributed by atoms with van der Waals surface area (Å²) in [7, 11) is 4.83. The van der Waals surface area contributed by atoms with Gasteiger partial charge in [0.25, 0.3) is 0 Å². The molecule has 0 amide bonds. The molecule has 0 spiro atoms. The van der Waals surface area contributed by atoms with Crippen LogP contribution >= 0.6 is 0 Å². The van der Waals surface area contributed by atoms with Gasteiger partial charge in [-0.05, 0) is 73.9 Å². The van der Waals surface area contributed by atoms with Crippen LogP contribution in [-0.4, -0.2) is 32.9 Å². The van der Waals surface area contributed by atoms with Gasteiger partial charge in [-0.15, -0.1) is 0 Å². The van der Waals surface area contributed by atoms with Crippen LogP contribution in [0.1, 0.15) is 37.5 Å². The molecule has 0 N–H and O–H groups in total. The molecule has 0 aromatic heterocycles. The van der Waals surface area contributed by atoms with Crippen molar-refractivity contribution < 1.29 is 28.5 Å². The molecule has 1 aliphatic heterocycles. The lowest BCUT2D eigenvalue weighted by Gasteiger charge is -2.26. The van der Waals surface area contributed by atoms with Crippen LogP contribution in [0.4, 0.5) is 0 Å². The molecular weight excluding hydrogens is 432 g/mol. The van der Waals surface area contributed by atoms with E-state index in [-0.39, 0.29) is 0 Å². The van der Waals surface area contributed by atoms with Gasteiger partial charge in [0, 0.05) is 0 Å². The fourth-order valence-electron chi connectivity index (χ4n) is 4.29. The van der Waals surface area contributed by atoms with Crippen molar-refractivity contribution >= 4 is 5.97 Å². The molecule has 3 aromatic carbocycles. The van der Waals surface area contributed by atoms with E-state index in [0.717, 1.165) is 11.1 Å². The fraction of sp³-hybridized carbons (Fsp3) is 0.321. The van der Waals surface area contributed by atoms with Gasteiger partial charge in [-0.2, -0.15) is 0 Å². The molecule has 0 bridgehead atoms. The predicted molar refractivity (Wildman–Crippen MR) is 128 cm³/mol. The molecular formula is C28H30O6. The van der Waals surface area contributed by atoms with Gasteiger partial charge in [0.2, 0.25) is 5.60 Å². The van der Waals surface area contributed by atoms with Crippen LogP contribution in [0, 0.1) is 0 Å². The molecule has 0 aliphatic carbocycles. The zero-order valence-electron chi connectivity index (χ0n) is 20.4. The van der Waals surface area contributed by atoms with Gasteiger partial charge in [0.05, 0.1) is 21.3 Å². The highest BCUT2D eigenvalue weighted by molar-refractivity contribution is 5.89. The standard InChI is InChI=1S/C28H30O6/c1-26(2,3)33-25(29)28(21-11-17-24(32-6)18-12-21)27(34-28,19-7-13-22(30-4)14-8-19)20-9-15-23(31-5)16-10-20/h7-18H,1-6H3. The third-order valence-electron chi connectivity index (χ3n) is 5.94. The Labute approximate surface area is 200 Å². The number of esters is 1. The summed E-state index contributed by atoms with van der Waals surface area (Å²) in [4.78, 5) is 13.9. The van der Waals surface area contributed by atoms with Gasteiger partial charge in [0.1, 0.15) is 22.8 Å². The number of hydrogen-bond donors (Lipinski definition) is 0. The van der Waals surface area contributed by atoms with Crippen LogP contribution < -0.4 is 14.2 Å². The summed E-state index contributed by atoms with van der Waals surface area (Å²) in [5.74, 6) is 1.64. The minimum atomic E-state index is -1.39. The number of rotatable bonds is 7. The topological polar surface area (TPSA) is 66.5 Å². The Morgan fingerprint density at radius 2 is 1.00 bits per heavy atom. The summed E-state index contributed by atoms with van der Waals surface area (Å²) in [6.45, 7) is 5.53. The number of carbonyl (C=O) groups excluding carboxylic acids is 1. The largest absolute Gasteiger partial charge is 0.497 e. The van der Waals surface area contributed by atoms with Crippen LogP contribution in [0.3, 0.4) is 0 Å². The van der Waals surface area contributed by atoms with Gasteiger partial charge in [-0.25, -0.2) is 4.79 Å². The predicted octanol–water partition coefficient (Wildman–Crippen LogP) is 5.22. The summed E-state index contributed by atoms with van der Waals surface area (Å²) in [5, 5.41) is 0. The summed E-state index contributed by atoms with van der Waals surface area (Å²) in [6.07, 6.45) is 0. The molecule has 1 unspecified atom stereocenters. The lowest BCUT2D eigenvalue weighted by molar-refractivity contribution is -0.162. The van der Waals surface area contributed by atoms with Crippen molar-refractivity contribution in [3.8, 4) is 17.2 Å². The van der Waals surface area contributed by atoms with E-state index in [1.54, 1.807) is 21.3 Å². The van der Waals surface area contributed by atoms with E-state index in [2.05, 4.69) is 0 Å². The molecule has 1 atom stereocenters. The SMILES string of the molecule is COc1ccc(C2(C(=O)OC(C)(C)C)OC2(c2ccc(OC)cc2)c2ccc(OC)cc2)cc1. The maximum atomic E-state index is 13.9. The average molecular weight is 463 g/mol. The fourth-order valence-corrected chi connectivity index (χ4v) is 4.29. The van der Waals surface area contributed by atoms with Crippen molar-refractivity contribution in [2.75, 3.05) is 21.3 Å². The molecule has 34 heavy (non-hydrogen) atoms. The first-order chi connectivity index (χ1) is 16.2. The van der Waals surface area contributed by atoms with Crippen LogP contribution in [0.15, 0.2) is 72.8 Å². The quantitative estimate of drug-likeness (QED) is 0.354. The second-order valence-corrected chi connectivity index (χ2v) is 9.15. The Balaban J connectivity index is 1.94. The van der Waals surface area contributed by atoms with Gasteiger partial charge in [-0.3, -0.25) is 0 Å². The van der Waals surface area contributed by atoms with E-state index < -0.39 is 22.8 Å². The molecule has 1 aliphatic rings. The normalized spacial score (nSPS) is 18.6. The second-order valence-electron chi connectivity index (χ2n) is 9.15. The number of methoxy groups -OCH3 is 3. The summed E-state index contributed by atoms with van der Waals surface area (Å²) < 4.78 is 28.5. The second kappa shape index (κ2) is 8.69. The Kier molecular flexibility index (Phi) is 6.04. The van der Waals surface area contributed by atoms with E-state index in [0.29, 0.717) is 22.8 Å². The molecule has 178 valence electrons. The number of hydrogen-bond acceptors (Lipinski definition) is 6. The lowest BCUT2D eigenvalue weighted by Crippen LogP contribution is -2.37. The highest BCUT2D eigenvalue weighted by atomic mass is 16.7. The molecule has 1 heterocycles. The highest BCUT2D eigenvalue weighted by Gasteiger charge is 2.78. The molecule has 0 saturated carbocycles. The Hall–Kier alpha value is -3.51. The first kappa shape index (κ1) is 23.6. The number of ether oxygens (including phenoxy) is 5. The maximum absolute atomic E-state index is 13.9. The van der Waals surface area contributed by atoms with Gasteiger partial charge in [0.15, 0.2) is 5.60 Å². The van der Waals surface area contributed by atoms with Crippen molar-refractivity contribution in [3.63, 3.8) is 0 Å². The van der Waals surface area contributed by atoms with E-state index >= 15 is 0 Å². The number of epoxide rings is 1. The van der Waals surface area contributed by atoms with Crippen molar-refractivity contribution in [2.24, 2.45) is 0 Å². The third-order valence-corrected chi connectivity index (χ3v) is 5.94. The smallest absolute Gasteiger partial charge is 0.347 e. The zero-order chi connectivity index (χ0) is 24.6. The first-order valence-corrected chi connectivity index (χ1v) is 11.1. The molecule has 1 fully saturated rings. The minimum Gasteiger partial charge on any atom is -0.497 e. The van der Waals surface area contributed by atoms with E-state index in [4.69, 9.17) is 23.7 Å². The van der Waals surface area contributed by atoms with Crippen molar-refractivity contribution in [1.29, 1.82) is 0 Å². The molecule has 6 nitrogen and oxygen atoms in total. The molecule has 1 saturated heterocycles. The Morgan fingerprint density at radius 1 is 0.647 bits per heavy atom. The highest BCUT2D eigenvalue weighted by Crippen LogP contribution is 2.66. The Morgan fingerprint density at radius 3 is 1.32 bits per heavy atom. The summed E-state index contributed by atoms with van der Waals surface area (Å²) in [5.41, 5.74) is -0.916. The molecule has 0 radical (unpaired) electrons. The number of benzene rings is 3. The van der Waals surface area contributed by atoms with E-state index in [1.165, 1.54) is 0 Å². The van der Waals surface area contributed by atoms with Crippen molar-refractivity contribution in [1.82, 2.24) is 0 Å². The van der Waals surface area contributed by atoms with Crippen LogP contribution in [0.5, 0.6) is 17.2 Å². The maximum Gasteiger partial charge on any atom is 0.347 e. The average Bonchev–Trinajstić information content (AvgIpc) is 3.56. The van der Waals surface area contributed by atoms with Gasteiger partial charge >= 0.3 is 5.97 Å². The monoisotopic (exact) mass is 462 g/mol. The molecule has 6 heteroatoms. The van der Waals surface area contributed by atoms with E-state index in [1.807, 2.05) is 93.6 Å². The van der Waals surface area contributed by atoms with Gasteiger partial charge < -0.3 is 23.7 Å². The van der Waals surface area contributed by atoms with E-state index in [9.17, 15) is 4.79 Å². The Bertz CT molecular complexity index is 1100. The first-order valence-electron chi connectivity index (χ1n) is 11.1. The van der Waals surface area contributed by atoms with Crippen LogP contribution in [0.25, 0.3) is 0 Å². The minimum absolute atomic E-state index is 0.461. The lowest BCUT2D eigenvalue weighted by atomic mass is 9.77. The van der Waals surface area contributed by atoms with Crippen molar-refractivity contribution in [2.45, 2.75) is 37.6 Å². The van der Waals surface area contributed by atoms with Gasteiger partial charge in [-0.1, -0.05) is 36.4 Å². The number of carbonyl (C=O) groups is 1. The van der Waals surface area contributed by atoms with Crippen molar-refractivity contribution in [3.05, 3.63) is 89.5 Å². The zero-order valence-corrected chi connectivity index (χ0v) is 20.4. The third kappa shape index (κ3) is 3.88. The summed E-state index contributed by atoms with van der Waals surface area (Å²) in [6, 6.07) is 22.4. The van der Waals surface area contributed by atoms with Crippen LogP contribution in [-0.2, 0) is 25.5 Å².